The number of hydrogen-bond acceptors (Lipinski definition) is 2. The second kappa shape index (κ2) is 3.18. The number of allylic oxidation sites excluding steroid dienone is 1. The van der Waals surface area contributed by atoms with E-state index in [1.807, 2.05) is 38.1 Å². The lowest BCUT2D eigenvalue weighted by atomic mass is 10.2. The molecule has 0 fully saturated rings. The van der Waals surface area contributed by atoms with Crippen LogP contribution < -0.4 is 10.6 Å². The smallest absolute Gasteiger partial charge is 0.253 e. The molecule has 0 bridgehead atoms. The second-order valence-electron chi connectivity index (χ2n) is 3.37. The molecule has 0 radical (unpaired) electrons. The van der Waals surface area contributed by atoms with E-state index in [0.29, 0.717) is 0 Å². The van der Waals surface area contributed by atoms with Crippen LogP contribution in [-0.4, -0.2) is 5.91 Å². The molecule has 2 rings (SSSR count). The summed E-state index contributed by atoms with van der Waals surface area (Å²) in [7, 11) is 0. The molecule has 1 amide bonds. The number of benzene rings is 1. The fraction of sp³-hybridized carbons (Fsp3) is 0.182. The first-order valence-electron chi connectivity index (χ1n) is 4.53. The summed E-state index contributed by atoms with van der Waals surface area (Å²) in [5.41, 5.74) is 3.39. The lowest BCUT2D eigenvalue weighted by molar-refractivity contribution is -0.112. The van der Waals surface area contributed by atoms with Crippen LogP contribution in [0.2, 0.25) is 0 Å². The Bertz CT molecular complexity index is 421. The van der Waals surface area contributed by atoms with Crippen molar-refractivity contribution >= 4 is 17.3 Å². The summed E-state index contributed by atoms with van der Waals surface area (Å²) in [4.78, 5) is 11.6. The number of carbonyl (C=O) groups is 1. The maximum Gasteiger partial charge on any atom is 0.253 e. The van der Waals surface area contributed by atoms with Gasteiger partial charge < -0.3 is 10.6 Å². The standard InChI is InChI=1S/C11H12N2O/c1-7-8(2)12-9-5-3-4-6-10(9)13-11(7)14/h3-6,12H,1-2H3,(H,13,14). The summed E-state index contributed by atoms with van der Waals surface area (Å²) in [5.74, 6) is -0.0417. The normalized spacial score (nSPS) is 15.4. The van der Waals surface area contributed by atoms with E-state index in [1.54, 1.807) is 0 Å². The van der Waals surface area contributed by atoms with Crippen LogP contribution in [-0.2, 0) is 4.79 Å². The van der Waals surface area contributed by atoms with Crippen molar-refractivity contribution in [3.05, 3.63) is 35.5 Å². The Kier molecular flexibility index (Phi) is 2.00. The van der Waals surface area contributed by atoms with E-state index >= 15 is 0 Å². The first-order valence-corrected chi connectivity index (χ1v) is 4.53. The van der Waals surface area contributed by atoms with Crippen LogP contribution in [0.1, 0.15) is 13.8 Å². The third kappa shape index (κ3) is 1.37. The van der Waals surface area contributed by atoms with Gasteiger partial charge in [-0.05, 0) is 26.0 Å². The average molecular weight is 188 g/mol. The Morgan fingerprint density at radius 1 is 1.00 bits per heavy atom. The highest BCUT2D eigenvalue weighted by Crippen LogP contribution is 2.26. The predicted octanol–water partition coefficient (Wildman–Crippen LogP) is 2.34. The Balaban J connectivity index is 2.50. The third-order valence-corrected chi connectivity index (χ3v) is 2.40. The van der Waals surface area contributed by atoms with E-state index in [9.17, 15) is 4.79 Å². The molecule has 1 heterocycles. The number of amides is 1. The van der Waals surface area contributed by atoms with Gasteiger partial charge >= 0.3 is 0 Å². The maximum absolute atomic E-state index is 11.6. The zero-order valence-corrected chi connectivity index (χ0v) is 8.22. The zero-order valence-electron chi connectivity index (χ0n) is 8.22. The van der Waals surface area contributed by atoms with Crippen LogP contribution in [0.15, 0.2) is 35.5 Å². The molecule has 0 atom stereocenters. The average Bonchev–Trinajstić information content (AvgIpc) is 2.28. The van der Waals surface area contributed by atoms with Gasteiger partial charge in [0.15, 0.2) is 0 Å². The third-order valence-electron chi connectivity index (χ3n) is 2.40. The summed E-state index contributed by atoms with van der Waals surface area (Å²) in [6, 6.07) is 7.66. The highest BCUT2D eigenvalue weighted by Gasteiger charge is 2.15. The molecule has 2 N–H and O–H groups in total. The minimum atomic E-state index is -0.0417. The number of para-hydroxylation sites is 2. The molecule has 3 nitrogen and oxygen atoms in total. The first-order chi connectivity index (χ1) is 6.68. The minimum absolute atomic E-state index is 0.0417. The molecule has 72 valence electrons. The fourth-order valence-electron chi connectivity index (χ4n) is 1.38. The highest BCUT2D eigenvalue weighted by molar-refractivity contribution is 6.07. The van der Waals surface area contributed by atoms with Crippen molar-refractivity contribution in [1.82, 2.24) is 0 Å². The predicted molar refractivity (Wildman–Crippen MR) is 57.1 cm³/mol. The first kappa shape index (κ1) is 8.81. The SMILES string of the molecule is CC1=C(C)C(=O)Nc2ccccc2N1. The van der Waals surface area contributed by atoms with Gasteiger partial charge in [0.2, 0.25) is 0 Å². The minimum Gasteiger partial charge on any atom is -0.357 e. The van der Waals surface area contributed by atoms with Crippen molar-refractivity contribution in [2.45, 2.75) is 13.8 Å². The number of hydrogen-bond donors (Lipinski definition) is 2. The monoisotopic (exact) mass is 188 g/mol. The fourth-order valence-corrected chi connectivity index (χ4v) is 1.38. The van der Waals surface area contributed by atoms with E-state index in [0.717, 1.165) is 22.6 Å². The Hall–Kier alpha value is -1.77. The second-order valence-corrected chi connectivity index (χ2v) is 3.37. The van der Waals surface area contributed by atoms with Gasteiger partial charge in [0.05, 0.1) is 11.4 Å². The van der Waals surface area contributed by atoms with Gasteiger partial charge in [-0.25, -0.2) is 0 Å². The zero-order chi connectivity index (χ0) is 10.1. The van der Waals surface area contributed by atoms with Gasteiger partial charge in [0.25, 0.3) is 5.91 Å². The molecule has 1 aromatic carbocycles. The summed E-state index contributed by atoms with van der Waals surface area (Å²) in [6.45, 7) is 3.71. The van der Waals surface area contributed by atoms with Gasteiger partial charge in [-0.2, -0.15) is 0 Å². The number of nitrogens with one attached hydrogen (secondary N) is 2. The van der Waals surface area contributed by atoms with E-state index < -0.39 is 0 Å². The molecular formula is C11H12N2O. The Morgan fingerprint density at radius 2 is 1.57 bits per heavy atom. The van der Waals surface area contributed by atoms with Gasteiger partial charge in [-0.1, -0.05) is 12.1 Å². The van der Waals surface area contributed by atoms with Crippen molar-refractivity contribution in [3.63, 3.8) is 0 Å². The van der Waals surface area contributed by atoms with Crippen molar-refractivity contribution in [1.29, 1.82) is 0 Å². The van der Waals surface area contributed by atoms with E-state index in [-0.39, 0.29) is 5.91 Å². The van der Waals surface area contributed by atoms with Crippen molar-refractivity contribution < 1.29 is 4.79 Å². The van der Waals surface area contributed by atoms with Crippen LogP contribution in [0.4, 0.5) is 11.4 Å². The summed E-state index contributed by atoms with van der Waals surface area (Å²) >= 11 is 0. The van der Waals surface area contributed by atoms with Crippen molar-refractivity contribution in [3.8, 4) is 0 Å². The molecule has 1 aliphatic rings. The van der Waals surface area contributed by atoms with Gasteiger partial charge in [0, 0.05) is 11.3 Å². The molecule has 0 aromatic heterocycles. The lowest BCUT2D eigenvalue weighted by Crippen LogP contribution is -2.12. The summed E-state index contributed by atoms with van der Waals surface area (Å²) in [6.07, 6.45) is 0. The van der Waals surface area contributed by atoms with Crippen LogP contribution in [0.25, 0.3) is 0 Å². The number of carbonyl (C=O) groups excluding carboxylic acids is 1. The van der Waals surface area contributed by atoms with Crippen molar-refractivity contribution in [2.75, 3.05) is 10.6 Å². The van der Waals surface area contributed by atoms with Gasteiger partial charge in [0.1, 0.15) is 0 Å². The summed E-state index contributed by atoms with van der Waals surface area (Å²) in [5, 5.41) is 6.04. The van der Waals surface area contributed by atoms with Gasteiger partial charge in [-0.15, -0.1) is 0 Å². The lowest BCUT2D eigenvalue weighted by Gasteiger charge is -2.07. The van der Waals surface area contributed by atoms with Crippen LogP contribution >= 0.6 is 0 Å². The number of rotatable bonds is 0. The molecule has 0 unspecified atom stereocenters. The van der Waals surface area contributed by atoms with Crippen LogP contribution in [0, 0.1) is 0 Å². The topological polar surface area (TPSA) is 41.1 Å². The molecule has 0 spiro atoms. The van der Waals surface area contributed by atoms with E-state index in [4.69, 9.17) is 0 Å². The number of fused-ring (bicyclic) bond motifs is 1. The number of anilines is 2. The van der Waals surface area contributed by atoms with E-state index in [2.05, 4.69) is 10.6 Å². The molecule has 3 heteroatoms. The highest BCUT2D eigenvalue weighted by atomic mass is 16.1. The van der Waals surface area contributed by atoms with Gasteiger partial charge in [-0.3, -0.25) is 4.79 Å². The Morgan fingerprint density at radius 3 is 2.21 bits per heavy atom. The van der Waals surface area contributed by atoms with Crippen molar-refractivity contribution in [2.24, 2.45) is 0 Å². The quantitative estimate of drug-likeness (QED) is 0.656. The summed E-state index contributed by atoms with van der Waals surface area (Å²) < 4.78 is 0. The maximum atomic E-state index is 11.6. The molecule has 0 saturated carbocycles. The van der Waals surface area contributed by atoms with Crippen LogP contribution in [0.5, 0.6) is 0 Å². The molecular weight excluding hydrogens is 176 g/mol. The molecule has 0 saturated heterocycles. The van der Waals surface area contributed by atoms with Crippen LogP contribution in [0.3, 0.4) is 0 Å². The molecule has 1 aromatic rings. The molecule has 1 aliphatic heterocycles. The largest absolute Gasteiger partial charge is 0.357 e. The molecule has 0 aliphatic carbocycles. The Labute approximate surface area is 82.8 Å². The molecule has 14 heavy (non-hydrogen) atoms. The van der Waals surface area contributed by atoms with E-state index in [1.165, 1.54) is 0 Å².